The number of hydrogen-bond donors (Lipinski definition) is 13. The van der Waals surface area contributed by atoms with Gasteiger partial charge in [-0.05, 0) is 177 Å². The number of aliphatic hydroxyl groups is 8. The summed E-state index contributed by atoms with van der Waals surface area (Å²) in [5, 5.41) is 135. The number of allylic oxidation sites excluding steroid dienone is 3. The van der Waals surface area contributed by atoms with Gasteiger partial charge in [0, 0.05) is 49.1 Å². The second-order valence-corrected chi connectivity index (χ2v) is 23.9. The van der Waals surface area contributed by atoms with Crippen LogP contribution in [0.15, 0.2) is 84.0 Å². The highest BCUT2D eigenvalue weighted by atomic mass is 16.4. The lowest BCUT2D eigenvalue weighted by Gasteiger charge is -2.54. The molecule has 0 aromatic heterocycles. The number of carboxylic acid groups (broad SMARTS) is 2. The van der Waals surface area contributed by atoms with Crippen LogP contribution >= 0.6 is 0 Å². The van der Waals surface area contributed by atoms with Crippen molar-refractivity contribution in [3.05, 3.63) is 128 Å². The minimum absolute atomic E-state index is 0.0219. The molecule has 8 rings (SSSR count). The Kier molecular flexibility index (Phi) is 22.6. The molecular weight excluding hydrogens is 1030 g/mol. The van der Waals surface area contributed by atoms with Crippen LogP contribution in [0.2, 0.25) is 0 Å². The van der Waals surface area contributed by atoms with Crippen LogP contribution in [-0.2, 0) is 41.7 Å². The number of aliphatic hydroxyl groups excluding tert-OH is 7. The number of phenolic OH excluding ortho intramolecular Hbond substituents is 1. The molecule has 0 radical (unpaired) electrons. The molecule has 13 N–H and O–H groups in total. The van der Waals surface area contributed by atoms with Crippen molar-refractivity contribution in [3.8, 4) is 17.6 Å². The minimum Gasteiger partial charge on any atom is -0.508 e. The number of carboxylic acids is 2. The summed E-state index contributed by atoms with van der Waals surface area (Å²) < 4.78 is 0. The van der Waals surface area contributed by atoms with E-state index >= 15 is 0 Å². The molecule has 442 valence electrons. The van der Waals surface area contributed by atoms with E-state index in [4.69, 9.17) is 0 Å². The highest BCUT2D eigenvalue weighted by Gasteiger charge is 2.56. The molecule has 0 saturated carbocycles. The smallest absolute Gasteiger partial charge is 0.303 e. The lowest BCUT2D eigenvalue weighted by molar-refractivity contribution is -0.140. The predicted molar refractivity (Wildman–Crippen MR) is 312 cm³/mol. The SMILES string of the molecule is CCCCC(O)C(O)C=CC1=C(CC(O)CO)C2CCC(O)C3NC(C)CCC(C(O)Cc4ccc(cc4CCC(=O)O)CC(C(C)(O)C4c5ccc(O)cc5C=CC4CCO)(CC#Cc4c(CC)cccc4CC1)N2)C3CC(=O)O. The Labute approximate surface area is 478 Å². The van der Waals surface area contributed by atoms with Gasteiger partial charge in [0.25, 0.3) is 0 Å². The number of nitrogens with one attached hydrogen (secondary N) is 2. The lowest BCUT2D eigenvalue weighted by atomic mass is 9.59. The summed E-state index contributed by atoms with van der Waals surface area (Å²) in [5.41, 5.74) is 3.94. The van der Waals surface area contributed by atoms with Gasteiger partial charge in [-0.15, -0.1) is 0 Å². The molecule has 15 nitrogen and oxygen atoms in total. The van der Waals surface area contributed by atoms with Crippen molar-refractivity contribution in [3.63, 3.8) is 0 Å². The molecule has 14 atom stereocenters. The van der Waals surface area contributed by atoms with Crippen LogP contribution in [-0.4, -0.2) is 141 Å². The summed E-state index contributed by atoms with van der Waals surface area (Å²) in [5.74, 6) is 2.49. The number of aromatic hydroxyl groups is 1. The van der Waals surface area contributed by atoms with Crippen molar-refractivity contribution >= 4 is 18.0 Å². The van der Waals surface area contributed by atoms with E-state index in [1.54, 1.807) is 37.3 Å². The monoisotopic (exact) mass is 1120 g/mol. The molecule has 0 spiro atoms. The number of carbonyl (C=O) groups is 2. The van der Waals surface area contributed by atoms with Crippen molar-refractivity contribution < 1.29 is 65.8 Å². The maximum Gasteiger partial charge on any atom is 0.303 e. The van der Waals surface area contributed by atoms with Crippen LogP contribution in [0.3, 0.4) is 0 Å². The van der Waals surface area contributed by atoms with Gasteiger partial charge in [-0.25, -0.2) is 0 Å². The Balaban J connectivity index is 1.61. The first kappa shape index (κ1) is 63.4. The zero-order valence-electron chi connectivity index (χ0n) is 47.8. The zero-order valence-corrected chi connectivity index (χ0v) is 47.8. The molecule has 4 heterocycles. The molecule has 1 saturated heterocycles. The van der Waals surface area contributed by atoms with Gasteiger partial charge in [0.1, 0.15) is 5.75 Å². The van der Waals surface area contributed by atoms with Gasteiger partial charge in [0.2, 0.25) is 0 Å². The van der Waals surface area contributed by atoms with Crippen molar-refractivity contribution in [2.45, 2.75) is 209 Å². The highest BCUT2D eigenvalue weighted by Crippen LogP contribution is 2.51. The quantitative estimate of drug-likeness (QED) is 0.0565. The topological polar surface area (TPSA) is 281 Å². The first-order valence-electron chi connectivity index (χ1n) is 29.7. The fourth-order valence-electron chi connectivity index (χ4n) is 13.8. The first-order valence-corrected chi connectivity index (χ1v) is 29.7. The molecule has 3 aromatic carbocycles. The van der Waals surface area contributed by atoms with Crippen LogP contribution in [0.4, 0.5) is 0 Å². The molecule has 6 bridgehead atoms. The van der Waals surface area contributed by atoms with Gasteiger partial charge in [-0.3, -0.25) is 9.59 Å². The number of fused-ring (bicyclic) bond motifs is 7. The molecule has 3 aromatic rings. The Morgan fingerprint density at radius 1 is 0.926 bits per heavy atom. The average molecular weight is 1120 g/mol. The molecule has 14 unspecified atom stereocenters. The van der Waals surface area contributed by atoms with E-state index < -0.39 is 96.0 Å². The minimum atomic E-state index is -1.89. The Morgan fingerprint density at radius 3 is 2.43 bits per heavy atom. The Morgan fingerprint density at radius 2 is 1.72 bits per heavy atom. The first-order chi connectivity index (χ1) is 38.7. The molecule has 81 heavy (non-hydrogen) atoms. The molecule has 5 aliphatic rings. The van der Waals surface area contributed by atoms with Crippen LogP contribution in [0, 0.1) is 29.6 Å². The summed E-state index contributed by atoms with van der Waals surface area (Å²) in [6.45, 7) is 6.95. The molecule has 1 fully saturated rings. The maximum atomic E-state index is 14.5. The van der Waals surface area contributed by atoms with Crippen molar-refractivity contribution in [1.29, 1.82) is 0 Å². The largest absolute Gasteiger partial charge is 0.508 e. The van der Waals surface area contributed by atoms with Gasteiger partial charge < -0.3 is 66.8 Å². The number of unbranched alkanes of at least 4 members (excludes halogenated alkanes) is 1. The standard InChI is InChI=1S/C66H90N2O13/c1-5-7-13-57(73)58(74)27-21-44-18-17-43-11-8-10-42(6-2)51(43)12-9-31-66(65(4,81)63-45(30-32-69)19-20-48-34-49(71)23-25-52(48)63)38-41-15-16-47(46(33-41)22-29-61(77)78)35-60(76)53-24-14-40(3)67-64(55(53)37-62(79)80)59(75)28-26-56(68-66)54(44)36-50(72)39-70/h8,10-11,15-16,19-21,23,25,27,33-34,40,45,50,53,55-60,63-64,67-76,81H,5-7,13-14,17-18,22,24,26,28-32,35-39H2,1-4H3,(H,77,78)(H,79,80). The van der Waals surface area contributed by atoms with Gasteiger partial charge in [-0.1, -0.05) is 105 Å². The van der Waals surface area contributed by atoms with Crippen LogP contribution in [0.25, 0.3) is 6.08 Å². The summed E-state index contributed by atoms with van der Waals surface area (Å²) in [4.78, 5) is 25.3. The maximum absolute atomic E-state index is 14.5. The van der Waals surface area contributed by atoms with E-state index in [0.29, 0.717) is 83.9 Å². The van der Waals surface area contributed by atoms with Gasteiger partial charge in [-0.2, -0.15) is 0 Å². The molecule has 4 aliphatic heterocycles. The van der Waals surface area contributed by atoms with Gasteiger partial charge in [0.05, 0.1) is 54.7 Å². The lowest BCUT2D eigenvalue weighted by Crippen LogP contribution is -2.68. The average Bonchev–Trinajstić information content (AvgIpc) is 3.80. The van der Waals surface area contributed by atoms with Gasteiger partial charge >= 0.3 is 11.9 Å². The fourth-order valence-corrected chi connectivity index (χ4v) is 13.8. The predicted octanol–water partition coefficient (Wildman–Crippen LogP) is 6.57. The summed E-state index contributed by atoms with van der Waals surface area (Å²) in [6, 6.07) is 14.9. The molecular formula is C66H90N2O13. The zero-order chi connectivity index (χ0) is 58.6. The third-order valence-electron chi connectivity index (χ3n) is 18.3. The Bertz CT molecular complexity index is 2780. The van der Waals surface area contributed by atoms with Crippen molar-refractivity contribution in [2.24, 2.45) is 17.8 Å². The third kappa shape index (κ3) is 15.5. The van der Waals surface area contributed by atoms with Crippen molar-refractivity contribution in [2.75, 3.05) is 13.2 Å². The summed E-state index contributed by atoms with van der Waals surface area (Å²) in [6.07, 6.45) is 5.41. The van der Waals surface area contributed by atoms with Crippen LogP contribution in [0.1, 0.15) is 162 Å². The number of aryl methyl sites for hydroxylation is 3. The summed E-state index contributed by atoms with van der Waals surface area (Å²) in [7, 11) is 0. The van der Waals surface area contributed by atoms with Gasteiger partial charge in [0.15, 0.2) is 0 Å². The number of phenols is 1. The highest BCUT2D eigenvalue weighted by molar-refractivity contribution is 5.68. The van der Waals surface area contributed by atoms with E-state index in [9.17, 15) is 65.8 Å². The second-order valence-electron chi connectivity index (χ2n) is 23.9. The Hall–Kier alpha value is -5.22. The van der Waals surface area contributed by atoms with Crippen LogP contribution in [0.5, 0.6) is 5.75 Å². The number of rotatable bonds is 19. The van der Waals surface area contributed by atoms with Crippen LogP contribution < -0.4 is 10.6 Å². The van der Waals surface area contributed by atoms with E-state index in [0.717, 1.165) is 23.1 Å². The fraction of sp³-hybridized carbons (Fsp3) is 0.576. The second kappa shape index (κ2) is 28.9. The van der Waals surface area contributed by atoms with E-state index in [-0.39, 0.29) is 82.6 Å². The van der Waals surface area contributed by atoms with Crippen molar-refractivity contribution in [1.82, 2.24) is 10.6 Å². The molecule has 15 heteroatoms. The normalized spacial score (nSPS) is 28.2. The summed E-state index contributed by atoms with van der Waals surface area (Å²) >= 11 is 0. The third-order valence-corrected chi connectivity index (χ3v) is 18.3. The number of aliphatic carboxylic acids is 2. The van der Waals surface area contributed by atoms with E-state index in [2.05, 4.69) is 29.4 Å². The number of benzene rings is 3. The van der Waals surface area contributed by atoms with E-state index in [1.165, 1.54) is 0 Å². The molecule has 1 aliphatic carbocycles. The molecule has 0 amide bonds. The van der Waals surface area contributed by atoms with E-state index in [1.807, 2.05) is 62.4 Å². The number of hydrogen-bond acceptors (Lipinski definition) is 13.